The minimum absolute atomic E-state index is 0.199. The first-order valence-electron chi connectivity index (χ1n) is 6.41. The quantitative estimate of drug-likeness (QED) is 0.900. The zero-order chi connectivity index (χ0) is 15.0. The summed E-state index contributed by atoms with van der Waals surface area (Å²) >= 11 is 0. The number of carbonyl (C=O) groups excluding carboxylic acids is 2. The summed E-state index contributed by atoms with van der Waals surface area (Å²) < 4.78 is 27.3. The van der Waals surface area contributed by atoms with Gasteiger partial charge in [-0.1, -0.05) is 13.8 Å². The number of amides is 2. The van der Waals surface area contributed by atoms with Crippen LogP contribution in [-0.2, 0) is 9.59 Å². The molecule has 1 aromatic carbocycles. The van der Waals surface area contributed by atoms with Gasteiger partial charge in [-0.3, -0.25) is 14.5 Å². The Kier molecular flexibility index (Phi) is 3.74. The summed E-state index contributed by atoms with van der Waals surface area (Å²) in [4.78, 5) is 25.4. The lowest BCUT2D eigenvalue weighted by atomic mass is 9.96. The normalized spacial score (nSPS) is 23.2. The van der Waals surface area contributed by atoms with Gasteiger partial charge in [0.1, 0.15) is 23.7 Å². The highest BCUT2D eigenvalue weighted by Crippen LogP contribution is 2.28. The molecule has 1 aliphatic heterocycles. The molecule has 6 heteroatoms. The van der Waals surface area contributed by atoms with Crippen molar-refractivity contribution >= 4 is 17.5 Å². The van der Waals surface area contributed by atoms with E-state index in [0.717, 1.165) is 23.1 Å². The molecule has 1 aromatic rings. The van der Waals surface area contributed by atoms with Crippen molar-refractivity contribution in [3.63, 3.8) is 0 Å². The molecule has 2 atom stereocenters. The largest absolute Gasteiger partial charge is 0.343 e. The van der Waals surface area contributed by atoms with E-state index in [9.17, 15) is 18.4 Å². The molecule has 1 saturated heterocycles. The second-order valence-corrected chi connectivity index (χ2v) is 5.22. The second kappa shape index (κ2) is 5.19. The van der Waals surface area contributed by atoms with Crippen LogP contribution in [0.1, 0.15) is 20.8 Å². The van der Waals surface area contributed by atoms with Crippen LogP contribution in [0.15, 0.2) is 18.2 Å². The van der Waals surface area contributed by atoms with Crippen LogP contribution in [0.2, 0.25) is 0 Å². The third-order valence-corrected chi connectivity index (χ3v) is 3.31. The lowest BCUT2D eigenvalue weighted by molar-refractivity contribution is -0.134. The topological polar surface area (TPSA) is 49.4 Å². The van der Waals surface area contributed by atoms with Crippen LogP contribution in [0.25, 0.3) is 0 Å². The van der Waals surface area contributed by atoms with Gasteiger partial charge in [0.05, 0.1) is 5.69 Å². The molecule has 1 fully saturated rings. The average molecular weight is 282 g/mol. The maximum Gasteiger partial charge on any atom is 0.250 e. The van der Waals surface area contributed by atoms with Gasteiger partial charge < -0.3 is 5.32 Å². The number of hydrogen-bond acceptors (Lipinski definition) is 2. The van der Waals surface area contributed by atoms with Crippen LogP contribution in [0.4, 0.5) is 14.5 Å². The van der Waals surface area contributed by atoms with Gasteiger partial charge in [0.15, 0.2) is 0 Å². The van der Waals surface area contributed by atoms with Gasteiger partial charge in [0.2, 0.25) is 11.8 Å². The molecule has 4 nitrogen and oxygen atoms in total. The van der Waals surface area contributed by atoms with E-state index in [0.29, 0.717) is 0 Å². The molecule has 0 radical (unpaired) electrons. The number of rotatable bonds is 2. The van der Waals surface area contributed by atoms with Crippen LogP contribution >= 0.6 is 0 Å². The SMILES string of the molecule is CC1NC(=O)C(C(C)C)N(c2cc(F)ccc2F)C1=O. The molecule has 0 aliphatic carbocycles. The smallest absolute Gasteiger partial charge is 0.250 e. The van der Waals surface area contributed by atoms with Crippen molar-refractivity contribution in [2.75, 3.05) is 4.90 Å². The van der Waals surface area contributed by atoms with E-state index in [1.807, 2.05) is 0 Å². The molecule has 1 aliphatic rings. The lowest BCUT2D eigenvalue weighted by Crippen LogP contribution is -2.64. The Bertz CT molecular complexity index is 560. The molecule has 0 aromatic heterocycles. The Morgan fingerprint density at radius 2 is 1.90 bits per heavy atom. The third-order valence-electron chi connectivity index (χ3n) is 3.31. The van der Waals surface area contributed by atoms with Crippen molar-refractivity contribution in [3.05, 3.63) is 29.8 Å². The third kappa shape index (κ3) is 2.37. The number of anilines is 1. The molecular weight excluding hydrogens is 266 g/mol. The van der Waals surface area contributed by atoms with Gasteiger partial charge >= 0.3 is 0 Å². The van der Waals surface area contributed by atoms with Crippen LogP contribution in [0, 0.1) is 17.6 Å². The standard InChI is InChI=1S/C14H16F2N2O2/c1-7(2)12-13(19)17-8(3)14(20)18(12)11-6-9(15)4-5-10(11)16/h4-8,12H,1-3H3,(H,17,19). The maximum atomic E-state index is 13.9. The Morgan fingerprint density at radius 3 is 2.50 bits per heavy atom. The Balaban J connectivity index is 2.55. The minimum Gasteiger partial charge on any atom is -0.343 e. The summed E-state index contributed by atoms with van der Waals surface area (Å²) in [6.45, 7) is 5.01. The molecule has 108 valence electrons. The van der Waals surface area contributed by atoms with E-state index >= 15 is 0 Å². The van der Waals surface area contributed by atoms with Crippen LogP contribution < -0.4 is 10.2 Å². The van der Waals surface area contributed by atoms with Crippen LogP contribution in [0.3, 0.4) is 0 Å². The zero-order valence-corrected chi connectivity index (χ0v) is 11.5. The molecule has 0 spiro atoms. The van der Waals surface area contributed by atoms with Crippen molar-refractivity contribution in [1.82, 2.24) is 5.32 Å². The summed E-state index contributed by atoms with van der Waals surface area (Å²) in [6, 6.07) is 1.25. The van der Waals surface area contributed by atoms with Gasteiger partial charge in [-0.2, -0.15) is 0 Å². The molecule has 0 saturated carbocycles. The fourth-order valence-electron chi connectivity index (χ4n) is 2.36. The van der Waals surface area contributed by atoms with Crippen LogP contribution in [0.5, 0.6) is 0 Å². The van der Waals surface area contributed by atoms with Gasteiger partial charge in [-0.15, -0.1) is 0 Å². The molecule has 1 heterocycles. The molecule has 0 bridgehead atoms. The number of benzene rings is 1. The summed E-state index contributed by atoms with van der Waals surface area (Å²) in [7, 11) is 0. The number of nitrogens with one attached hydrogen (secondary N) is 1. The highest BCUT2D eigenvalue weighted by Gasteiger charge is 2.42. The molecule has 2 amide bonds. The first kappa shape index (κ1) is 14.4. The van der Waals surface area contributed by atoms with Crippen molar-refractivity contribution in [2.45, 2.75) is 32.9 Å². The number of piperazine rings is 1. The first-order chi connectivity index (χ1) is 9.32. The highest BCUT2D eigenvalue weighted by atomic mass is 19.1. The van der Waals surface area contributed by atoms with E-state index in [1.54, 1.807) is 13.8 Å². The highest BCUT2D eigenvalue weighted by molar-refractivity contribution is 6.08. The van der Waals surface area contributed by atoms with Crippen molar-refractivity contribution in [3.8, 4) is 0 Å². The fraction of sp³-hybridized carbons (Fsp3) is 0.429. The molecule has 1 N–H and O–H groups in total. The molecule has 20 heavy (non-hydrogen) atoms. The second-order valence-electron chi connectivity index (χ2n) is 5.22. The van der Waals surface area contributed by atoms with Gasteiger partial charge in [0.25, 0.3) is 0 Å². The zero-order valence-electron chi connectivity index (χ0n) is 11.5. The monoisotopic (exact) mass is 282 g/mol. The first-order valence-corrected chi connectivity index (χ1v) is 6.41. The number of carbonyl (C=O) groups is 2. The van der Waals surface area contributed by atoms with Gasteiger partial charge in [-0.25, -0.2) is 8.78 Å². The Morgan fingerprint density at radius 1 is 1.25 bits per heavy atom. The minimum atomic E-state index is -0.852. The maximum absolute atomic E-state index is 13.9. The van der Waals surface area contributed by atoms with Gasteiger partial charge in [-0.05, 0) is 25.0 Å². The molecule has 2 unspecified atom stereocenters. The van der Waals surface area contributed by atoms with Crippen molar-refractivity contribution in [2.24, 2.45) is 5.92 Å². The number of halogens is 2. The average Bonchev–Trinajstić information content (AvgIpc) is 2.36. The number of hydrogen-bond donors (Lipinski definition) is 1. The van der Waals surface area contributed by atoms with Crippen LogP contribution in [-0.4, -0.2) is 23.9 Å². The summed E-state index contributed by atoms with van der Waals surface area (Å²) in [5.41, 5.74) is -0.199. The summed E-state index contributed by atoms with van der Waals surface area (Å²) in [6.07, 6.45) is 0. The fourth-order valence-corrected chi connectivity index (χ4v) is 2.36. The van der Waals surface area contributed by atoms with E-state index in [2.05, 4.69) is 5.32 Å². The number of nitrogens with zero attached hydrogens (tertiary/aromatic N) is 1. The molecule has 2 rings (SSSR count). The Labute approximate surface area is 115 Å². The van der Waals surface area contributed by atoms with E-state index in [1.165, 1.54) is 6.92 Å². The molecular formula is C14H16F2N2O2. The van der Waals surface area contributed by atoms with Crippen molar-refractivity contribution in [1.29, 1.82) is 0 Å². The predicted molar refractivity (Wildman–Crippen MR) is 70.1 cm³/mol. The summed E-state index contributed by atoms with van der Waals surface area (Å²) in [5.74, 6) is -2.43. The van der Waals surface area contributed by atoms with E-state index in [4.69, 9.17) is 0 Å². The summed E-state index contributed by atoms with van der Waals surface area (Å²) in [5, 5.41) is 2.55. The lowest BCUT2D eigenvalue weighted by Gasteiger charge is -2.39. The van der Waals surface area contributed by atoms with Gasteiger partial charge in [0, 0.05) is 6.07 Å². The Hall–Kier alpha value is -1.98. The predicted octanol–water partition coefficient (Wildman–Crippen LogP) is 1.84. The van der Waals surface area contributed by atoms with E-state index < -0.39 is 29.6 Å². The van der Waals surface area contributed by atoms with Crippen molar-refractivity contribution < 1.29 is 18.4 Å². The van der Waals surface area contributed by atoms with E-state index in [-0.39, 0.29) is 17.5 Å².